The average molecular weight is 423 g/mol. The number of anilines is 1. The van der Waals surface area contributed by atoms with E-state index >= 15 is 0 Å². The van der Waals surface area contributed by atoms with Crippen molar-refractivity contribution >= 4 is 28.5 Å². The normalized spacial score (nSPS) is 21.1. The van der Waals surface area contributed by atoms with Crippen LogP contribution >= 0.6 is 0 Å². The number of nitrogens with zero attached hydrogens (tertiary/aromatic N) is 2. The van der Waals surface area contributed by atoms with Crippen LogP contribution in [0.2, 0.25) is 0 Å². The van der Waals surface area contributed by atoms with E-state index in [1.54, 1.807) is 13.2 Å². The maximum atomic E-state index is 13.6. The fourth-order valence-electron chi connectivity index (χ4n) is 4.01. The Hall–Kier alpha value is -3.33. The van der Waals surface area contributed by atoms with E-state index in [1.165, 1.54) is 24.4 Å². The maximum absolute atomic E-state index is 13.6. The second-order valence-corrected chi connectivity index (χ2v) is 8.32. The number of H-pyrrole nitrogens is 1. The van der Waals surface area contributed by atoms with E-state index in [0.29, 0.717) is 33.7 Å². The van der Waals surface area contributed by atoms with Gasteiger partial charge in [0, 0.05) is 36.1 Å². The molecule has 0 radical (unpaired) electrons. The minimum atomic E-state index is -0.399. The van der Waals surface area contributed by atoms with Crippen molar-refractivity contribution in [3.8, 4) is 0 Å². The number of amides is 1. The Balaban J connectivity index is 1.64. The molecule has 0 atom stereocenters. The molecule has 0 aliphatic heterocycles. The molecule has 1 aliphatic rings. The molecule has 2 heterocycles. The van der Waals surface area contributed by atoms with Gasteiger partial charge in [-0.1, -0.05) is 0 Å². The number of halogens is 1. The van der Waals surface area contributed by atoms with Crippen molar-refractivity contribution in [2.45, 2.75) is 44.2 Å². The van der Waals surface area contributed by atoms with Crippen molar-refractivity contribution in [2.75, 3.05) is 12.4 Å². The molecule has 1 amide bonds. The van der Waals surface area contributed by atoms with Crippen LogP contribution in [0, 0.1) is 11.2 Å². The maximum Gasteiger partial charge on any atom is 0.255 e. The molecular formula is C22H26FN7O. The summed E-state index contributed by atoms with van der Waals surface area (Å²) in [5.74, 6) is -0.635. The number of hydrogen-bond donors (Lipinski definition) is 5. The molecule has 0 spiro atoms. The lowest BCUT2D eigenvalue weighted by atomic mass is 9.81. The first kappa shape index (κ1) is 20.9. The van der Waals surface area contributed by atoms with Crippen molar-refractivity contribution in [3.05, 3.63) is 53.2 Å². The quantitative estimate of drug-likeness (QED) is 0.403. The second-order valence-electron chi connectivity index (χ2n) is 8.32. The van der Waals surface area contributed by atoms with E-state index in [9.17, 15) is 9.18 Å². The fraction of sp³-hybridized carbons (Fsp3) is 0.364. The summed E-state index contributed by atoms with van der Waals surface area (Å²) in [7, 11) is 1.66. The van der Waals surface area contributed by atoms with Crippen molar-refractivity contribution < 1.29 is 9.18 Å². The van der Waals surface area contributed by atoms with Crippen molar-refractivity contribution in [1.82, 2.24) is 20.3 Å². The molecule has 0 saturated heterocycles. The number of benzene rings is 1. The Morgan fingerprint density at radius 3 is 2.77 bits per heavy atom. The SMILES string of the molecule is CNc1cc(F)ccc1C(=N)c1cnc2[nH]cc(C(=O)NC3(C)CCC(N)CC3)c2n1. The van der Waals surface area contributed by atoms with Crippen molar-refractivity contribution in [3.63, 3.8) is 0 Å². The lowest BCUT2D eigenvalue weighted by molar-refractivity contribution is 0.0879. The van der Waals surface area contributed by atoms with Gasteiger partial charge in [-0.05, 0) is 50.8 Å². The highest BCUT2D eigenvalue weighted by molar-refractivity contribution is 6.14. The Kier molecular flexibility index (Phi) is 5.45. The van der Waals surface area contributed by atoms with Gasteiger partial charge in [0.15, 0.2) is 5.65 Å². The summed E-state index contributed by atoms with van der Waals surface area (Å²) < 4.78 is 13.6. The highest BCUT2D eigenvalue weighted by Crippen LogP contribution is 2.28. The van der Waals surface area contributed by atoms with Gasteiger partial charge in [0.2, 0.25) is 0 Å². The number of carbonyl (C=O) groups is 1. The molecular weight excluding hydrogens is 397 g/mol. The summed E-state index contributed by atoms with van der Waals surface area (Å²) in [6, 6.07) is 4.32. The standard InChI is InChI=1S/C22H26FN7O/c1-22(7-5-13(24)6-8-22)30-21(31)15-10-27-20-19(15)29-17(11-28-20)18(25)14-4-3-12(23)9-16(14)26-2/h3-4,9-11,13,25-26H,5-8,24H2,1-2H3,(H,27,28)(H,30,31). The first-order valence-electron chi connectivity index (χ1n) is 10.3. The number of carbonyl (C=O) groups excluding carboxylic acids is 1. The van der Waals surface area contributed by atoms with Gasteiger partial charge in [-0.25, -0.2) is 14.4 Å². The number of nitrogens with two attached hydrogens (primary N) is 1. The zero-order valence-corrected chi connectivity index (χ0v) is 17.6. The van der Waals surface area contributed by atoms with E-state index in [0.717, 1.165) is 25.7 Å². The van der Waals surface area contributed by atoms with Crippen LogP contribution in [-0.2, 0) is 0 Å². The average Bonchev–Trinajstić information content (AvgIpc) is 3.19. The molecule has 1 aliphatic carbocycles. The molecule has 3 aromatic rings. The molecule has 9 heteroatoms. The van der Waals surface area contributed by atoms with Crippen LogP contribution in [-0.4, -0.2) is 45.2 Å². The molecule has 6 N–H and O–H groups in total. The minimum absolute atomic E-state index is 0.0829. The summed E-state index contributed by atoms with van der Waals surface area (Å²) in [5, 5.41) is 14.6. The van der Waals surface area contributed by atoms with Gasteiger partial charge in [0.25, 0.3) is 5.91 Å². The number of aromatic amines is 1. The third kappa shape index (κ3) is 4.13. The molecule has 162 valence electrons. The Morgan fingerprint density at radius 1 is 1.32 bits per heavy atom. The highest BCUT2D eigenvalue weighted by atomic mass is 19.1. The Bertz CT molecular complexity index is 1150. The summed E-state index contributed by atoms with van der Waals surface area (Å²) in [6.45, 7) is 2.03. The number of nitrogens with one attached hydrogen (secondary N) is 4. The van der Waals surface area contributed by atoms with Gasteiger partial charge in [0.05, 0.1) is 17.5 Å². The monoisotopic (exact) mass is 423 g/mol. The highest BCUT2D eigenvalue weighted by Gasteiger charge is 2.32. The lowest BCUT2D eigenvalue weighted by Crippen LogP contribution is -2.50. The number of hydrogen-bond acceptors (Lipinski definition) is 6. The van der Waals surface area contributed by atoms with Gasteiger partial charge in [-0.15, -0.1) is 0 Å². The topological polar surface area (TPSA) is 133 Å². The molecule has 1 saturated carbocycles. The second kappa shape index (κ2) is 8.07. The van der Waals surface area contributed by atoms with Crippen LogP contribution in [0.1, 0.15) is 54.2 Å². The predicted molar refractivity (Wildman–Crippen MR) is 118 cm³/mol. The summed E-state index contributed by atoms with van der Waals surface area (Å²) >= 11 is 0. The van der Waals surface area contributed by atoms with E-state index in [4.69, 9.17) is 11.1 Å². The summed E-state index contributed by atoms with van der Waals surface area (Å²) in [5.41, 5.74) is 8.25. The van der Waals surface area contributed by atoms with Crippen LogP contribution in [0.5, 0.6) is 0 Å². The van der Waals surface area contributed by atoms with Crippen LogP contribution in [0.4, 0.5) is 10.1 Å². The van der Waals surface area contributed by atoms with Crippen molar-refractivity contribution in [1.29, 1.82) is 5.41 Å². The first-order valence-corrected chi connectivity index (χ1v) is 10.3. The Labute approximate surface area is 179 Å². The molecule has 31 heavy (non-hydrogen) atoms. The molecule has 2 aromatic heterocycles. The van der Waals surface area contributed by atoms with E-state index < -0.39 is 5.82 Å². The predicted octanol–water partition coefficient (Wildman–Crippen LogP) is 2.94. The van der Waals surface area contributed by atoms with Crippen molar-refractivity contribution in [2.24, 2.45) is 5.73 Å². The lowest BCUT2D eigenvalue weighted by Gasteiger charge is -2.36. The largest absolute Gasteiger partial charge is 0.387 e. The molecule has 1 aromatic carbocycles. The van der Waals surface area contributed by atoms with Crippen LogP contribution in [0.25, 0.3) is 11.2 Å². The number of aromatic nitrogens is 3. The molecule has 0 unspecified atom stereocenters. The molecule has 8 nitrogen and oxygen atoms in total. The first-order chi connectivity index (χ1) is 14.8. The van der Waals surface area contributed by atoms with Gasteiger partial charge in [0.1, 0.15) is 17.0 Å². The van der Waals surface area contributed by atoms with E-state index in [2.05, 4.69) is 25.6 Å². The van der Waals surface area contributed by atoms with Gasteiger partial charge < -0.3 is 21.4 Å². The van der Waals surface area contributed by atoms with E-state index in [1.807, 2.05) is 6.92 Å². The smallest absolute Gasteiger partial charge is 0.255 e. The zero-order chi connectivity index (χ0) is 22.2. The number of rotatable bonds is 5. The third-order valence-corrected chi connectivity index (χ3v) is 5.95. The van der Waals surface area contributed by atoms with Gasteiger partial charge in [-0.2, -0.15) is 0 Å². The Morgan fingerprint density at radius 2 is 2.06 bits per heavy atom. The van der Waals surface area contributed by atoms with Gasteiger partial charge in [-0.3, -0.25) is 10.2 Å². The molecule has 1 fully saturated rings. The molecule has 4 rings (SSSR count). The van der Waals surface area contributed by atoms with Crippen LogP contribution < -0.4 is 16.4 Å². The molecule has 0 bridgehead atoms. The summed E-state index contributed by atoms with van der Waals surface area (Å²) in [4.78, 5) is 24.9. The zero-order valence-electron chi connectivity index (χ0n) is 17.6. The van der Waals surface area contributed by atoms with Crippen LogP contribution in [0.15, 0.2) is 30.6 Å². The van der Waals surface area contributed by atoms with Crippen LogP contribution in [0.3, 0.4) is 0 Å². The summed E-state index contributed by atoms with van der Waals surface area (Å²) in [6.07, 6.45) is 6.44. The van der Waals surface area contributed by atoms with E-state index in [-0.39, 0.29) is 23.2 Å². The number of fused-ring (bicyclic) bond motifs is 1. The third-order valence-electron chi connectivity index (χ3n) is 5.95. The fourth-order valence-corrected chi connectivity index (χ4v) is 4.01. The van der Waals surface area contributed by atoms with Gasteiger partial charge >= 0.3 is 0 Å². The minimum Gasteiger partial charge on any atom is -0.387 e.